The Morgan fingerprint density at radius 2 is 2.22 bits per heavy atom. The zero-order valence-electron chi connectivity index (χ0n) is 12.9. The van der Waals surface area contributed by atoms with Crippen molar-refractivity contribution in [2.45, 2.75) is 20.1 Å². The van der Waals surface area contributed by atoms with Crippen LogP contribution in [0.5, 0.6) is 0 Å². The van der Waals surface area contributed by atoms with Crippen LogP contribution in [0.1, 0.15) is 23.0 Å². The van der Waals surface area contributed by atoms with Crippen LogP contribution in [-0.2, 0) is 17.9 Å². The third-order valence-electron chi connectivity index (χ3n) is 3.71. The fourth-order valence-corrected chi connectivity index (χ4v) is 2.90. The van der Waals surface area contributed by atoms with E-state index < -0.39 is 0 Å². The zero-order valence-corrected chi connectivity index (χ0v) is 13.7. The minimum Gasteiger partial charge on any atom is -0.378 e. The molecule has 0 unspecified atom stereocenters. The van der Waals surface area contributed by atoms with Gasteiger partial charge in [0.2, 0.25) is 0 Å². The highest BCUT2D eigenvalue weighted by atomic mass is 35.5. The number of pyridine rings is 1. The highest BCUT2D eigenvalue weighted by molar-refractivity contribution is 6.31. The van der Waals surface area contributed by atoms with E-state index in [1.54, 1.807) is 24.1 Å². The summed E-state index contributed by atoms with van der Waals surface area (Å²) in [4.78, 5) is 16.3. The first-order valence-electron chi connectivity index (χ1n) is 7.28. The molecule has 3 rings (SSSR count). The Morgan fingerprint density at radius 3 is 2.87 bits per heavy atom. The van der Waals surface area contributed by atoms with Crippen molar-refractivity contribution in [3.8, 4) is 11.1 Å². The maximum atomic E-state index is 11.7. The SMILES string of the molecule is CCn1ncc2c(-c3cccc(Cl)c3)c(C=O)c(COC)nc21. The van der Waals surface area contributed by atoms with Gasteiger partial charge in [-0.3, -0.25) is 4.79 Å². The highest BCUT2D eigenvalue weighted by Crippen LogP contribution is 2.33. The van der Waals surface area contributed by atoms with Crippen molar-refractivity contribution in [3.63, 3.8) is 0 Å². The van der Waals surface area contributed by atoms with Gasteiger partial charge in [0.05, 0.1) is 18.5 Å². The minimum atomic E-state index is 0.256. The second kappa shape index (κ2) is 6.48. The van der Waals surface area contributed by atoms with Gasteiger partial charge in [-0.1, -0.05) is 23.7 Å². The predicted molar refractivity (Wildman–Crippen MR) is 89.7 cm³/mol. The van der Waals surface area contributed by atoms with E-state index in [-0.39, 0.29) is 6.61 Å². The van der Waals surface area contributed by atoms with Gasteiger partial charge >= 0.3 is 0 Å². The highest BCUT2D eigenvalue weighted by Gasteiger charge is 2.19. The summed E-state index contributed by atoms with van der Waals surface area (Å²) < 4.78 is 7.01. The number of hydrogen-bond acceptors (Lipinski definition) is 4. The zero-order chi connectivity index (χ0) is 16.4. The lowest BCUT2D eigenvalue weighted by molar-refractivity contribution is 0.111. The lowest BCUT2D eigenvalue weighted by Crippen LogP contribution is -2.05. The monoisotopic (exact) mass is 329 g/mol. The van der Waals surface area contributed by atoms with Crippen LogP contribution in [0.2, 0.25) is 5.02 Å². The maximum Gasteiger partial charge on any atom is 0.158 e. The molecule has 0 aliphatic carbocycles. The van der Waals surface area contributed by atoms with E-state index in [2.05, 4.69) is 10.1 Å². The molecular weight excluding hydrogens is 314 g/mol. The van der Waals surface area contributed by atoms with Gasteiger partial charge in [-0.15, -0.1) is 0 Å². The van der Waals surface area contributed by atoms with Gasteiger partial charge in [0, 0.05) is 35.2 Å². The van der Waals surface area contributed by atoms with Crippen molar-refractivity contribution in [2.75, 3.05) is 7.11 Å². The number of aryl methyl sites for hydroxylation is 1. The quantitative estimate of drug-likeness (QED) is 0.669. The van der Waals surface area contributed by atoms with Gasteiger partial charge in [0.25, 0.3) is 0 Å². The fourth-order valence-electron chi connectivity index (χ4n) is 2.71. The molecule has 0 aliphatic heterocycles. The first-order chi connectivity index (χ1) is 11.2. The Hall–Kier alpha value is -2.24. The Balaban J connectivity index is 2.40. The molecule has 0 saturated heterocycles. The molecule has 6 heteroatoms. The van der Waals surface area contributed by atoms with E-state index in [0.29, 0.717) is 22.8 Å². The molecule has 0 saturated carbocycles. The molecule has 23 heavy (non-hydrogen) atoms. The van der Waals surface area contributed by atoms with Gasteiger partial charge in [0.1, 0.15) is 0 Å². The topological polar surface area (TPSA) is 57.0 Å². The van der Waals surface area contributed by atoms with Crippen LogP contribution in [0.15, 0.2) is 30.5 Å². The van der Waals surface area contributed by atoms with Crippen LogP contribution >= 0.6 is 11.6 Å². The average Bonchev–Trinajstić information content (AvgIpc) is 2.96. The van der Waals surface area contributed by atoms with Crippen molar-refractivity contribution in [1.29, 1.82) is 0 Å². The molecule has 0 radical (unpaired) electrons. The van der Waals surface area contributed by atoms with Crippen LogP contribution in [0.25, 0.3) is 22.2 Å². The number of halogens is 1. The van der Waals surface area contributed by atoms with Crippen LogP contribution in [-0.4, -0.2) is 28.2 Å². The van der Waals surface area contributed by atoms with E-state index in [1.165, 1.54) is 0 Å². The summed E-state index contributed by atoms with van der Waals surface area (Å²) in [5.74, 6) is 0. The molecule has 0 bridgehead atoms. The summed E-state index contributed by atoms with van der Waals surface area (Å²) in [6.45, 7) is 2.95. The first kappa shape index (κ1) is 15.6. The van der Waals surface area contributed by atoms with Crippen molar-refractivity contribution >= 4 is 28.9 Å². The van der Waals surface area contributed by atoms with Gasteiger partial charge in [0.15, 0.2) is 11.9 Å². The van der Waals surface area contributed by atoms with Crippen LogP contribution in [0, 0.1) is 0 Å². The Labute approximate surface area is 138 Å². The molecule has 0 fully saturated rings. The molecule has 118 valence electrons. The van der Waals surface area contributed by atoms with E-state index in [1.807, 2.05) is 25.1 Å². The number of rotatable bonds is 5. The molecule has 5 nitrogen and oxygen atoms in total. The van der Waals surface area contributed by atoms with Crippen molar-refractivity contribution in [2.24, 2.45) is 0 Å². The molecule has 2 aromatic heterocycles. The number of fused-ring (bicyclic) bond motifs is 1. The summed E-state index contributed by atoms with van der Waals surface area (Å²) in [5.41, 5.74) is 3.50. The van der Waals surface area contributed by atoms with E-state index >= 15 is 0 Å². The molecule has 3 aromatic rings. The van der Waals surface area contributed by atoms with E-state index in [4.69, 9.17) is 16.3 Å². The molecular formula is C17H16ClN3O2. The van der Waals surface area contributed by atoms with Gasteiger partial charge in [-0.25, -0.2) is 9.67 Å². The normalized spacial score (nSPS) is 11.1. The lowest BCUT2D eigenvalue weighted by atomic mass is 9.97. The molecule has 0 N–H and O–H groups in total. The average molecular weight is 330 g/mol. The number of aromatic nitrogens is 3. The number of carbonyl (C=O) groups excluding carboxylic acids is 1. The number of ether oxygens (including phenoxy) is 1. The maximum absolute atomic E-state index is 11.7. The predicted octanol–water partition coefficient (Wildman–Crippen LogP) is 3.73. The third-order valence-corrected chi connectivity index (χ3v) is 3.95. The Kier molecular flexibility index (Phi) is 4.41. The van der Waals surface area contributed by atoms with Crippen LogP contribution in [0.3, 0.4) is 0 Å². The molecule has 1 aromatic carbocycles. The number of benzene rings is 1. The molecule has 0 amide bonds. The Bertz CT molecular complexity index is 874. The van der Waals surface area contributed by atoms with Crippen LogP contribution in [0.4, 0.5) is 0 Å². The molecule has 0 atom stereocenters. The number of carbonyl (C=O) groups is 1. The van der Waals surface area contributed by atoms with E-state index in [9.17, 15) is 4.79 Å². The molecule has 0 spiro atoms. The second-order valence-corrected chi connectivity index (χ2v) is 5.54. The smallest absolute Gasteiger partial charge is 0.158 e. The molecule has 0 aliphatic rings. The molecule has 2 heterocycles. The minimum absolute atomic E-state index is 0.256. The number of aldehydes is 1. The lowest BCUT2D eigenvalue weighted by Gasteiger charge is -2.12. The summed E-state index contributed by atoms with van der Waals surface area (Å²) in [6.07, 6.45) is 2.56. The number of methoxy groups -OCH3 is 1. The summed E-state index contributed by atoms with van der Waals surface area (Å²) >= 11 is 6.13. The second-order valence-electron chi connectivity index (χ2n) is 5.11. The van der Waals surface area contributed by atoms with Crippen molar-refractivity contribution < 1.29 is 9.53 Å². The van der Waals surface area contributed by atoms with Crippen molar-refractivity contribution in [1.82, 2.24) is 14.8 Å². The summed E-state index contributed by atoms with van der Waals surface area (Å²) in [7, 11) is 1.58. The number of hydrogen-bond donors (Lipinski definition) is 0. The summed E-state index contributed by atoms with van der Waals surface area (Å²) in [5, 5.41) is 5.80. The fraction of sp³-hybridized carbons (Fsp3) is 0.235. The third kappa shape index (κ3) is 2.73. The van der Waals surface area contributed by atoms with Gasteiger partial charge in [-0.2, -0.15) is 5.10 Å². The Morgan fingerprint density at radius 1 is 1.39 bits per heavy atom. The van der Waals surface area contributed by atoms with Crippen molar-refractivity contribution in [3.05, 3.63) is 46.7 Å². The van der Waals surface area contributed by atoms with Gasteiger partial charge < -0.3 is 4.74 Å². The number of nitrogens with zero attached hydrogens (tertiary/aromatic N) is 3. The van der Waals surface area contributed by atoms with E-state index in [0.717, 1.165) is 28.4 Å². The van der Waals surface area contributed by atoms with Crippen LogP contribution < -0.4 is 0 Å². The summed E-state index contributed by atoms with van der Waals surface area (Å²) in [6, 6.07) is 7.42. The largest absolute Gasteiger partial charge is 0.378 e. The standard InChI is InChI=1S/C17H16ClN3O2/c1-3-21-17-13(8-19-21)16(11-5-4-6-12(18)7-11)14(9-22)15(20-17)10-23-2/h4-9H,3,10H2,1-2H3. The van der Waals surface area contributed by atoms with Gasteiger partial charge in [-0.05, 0) is 24.6 Å². The first-order valence-corrected chi connectivity index (χ1v) is 7.65.